The smallest absolute Gasteiger partial charge is 0.302 e. The van der Waals surface area contributed by atoms with Crippen LogP contribution in [0.1, 0.15) is 32.8 Å². The topological polar surface area (TPSA) is 106 Å². The highest BCUT2D eigenvalue weighted by Crippen LogP contribution is 2.28. The Kier molecular flexibility index (Phi) is 7.29. The molecule has 0 amide bonds. The van der Waals surface area contributed by atoms with E-state index in [1.165, 1.54) is 22.5 Å². The summed E-state index contributed by atoms with van der Waals surface area (Å²) in [6, 6.07) is 5.22. The van der Waals surface area contributed by atoms with Crippen LogP contribution in [0.15, 0.2) is 29.4 Å². The molecule has 0 bridgehead atoms. The van der Waals surface area contributed by atoms with Gasteiger partial charge in [0.2, 0.25) is 0 Å². The molecule has 186 valence electrons. The molecule has 0 unspecified atom stereocenters. The number of hydrogen-bond donors (Lipinski definition) is 2. The van der Waals surface area contributed by atoms with Crippen LogP contribution in [0.3, 0.4) is 0 Å². The molecule has 0 spiro atoms. The number of benzene rings is 1. The highest BCUT2D eigenvalue weighted by Gasteiger charge is 2.36. The zero-order valence-electron chi connectivity index (χ0n) is 19.0. The average molecular weight is 516 g/mol. The molecule has 13 heteroatoms. The maximum absolute atomic E-state index is 14.1. The summed E-state index contributed by atoms with van der Waals surface area (Å²) >= 11 is 1.06. The zero-order valence-corrected chi connectivity index (χ0v) is 20.7. The van der Waals surface area contributed by atoms with E-state index < -0.39 is 27.6 Å². The van der Waals surface area contributed by atoms with Crippen LogP contribution in [0, 0.1) is 11.6 Å². The van der Waals surface area contributed by atoms with Crippen molar-refractivity contribution in [2.45, 2.75) is 56.0 Å². The van der Waals surface area contributed by atoms with E-state index in [1.54, 1.807) is 0 Å². The van der Waals surface area contributed by atoms with E-state index in [2.05, 4.69) is 20.0 Å². The van der Waals surface area contributed by atoms with E-state index in [9.17, 15) is 17.2 Å². The Balaban J connectivity index is 1.54. The Morgan fingerprint density at radius 3 is 2.65 bits per heavy atom. The molecule has 0 saturated carbocycles. The second-order valence-corrected chi connectivity index (χ2v) is 11.2. The lowest BCUT2D eigenvalue weighted by Crippen LogP contribution is -2.45. The minimum absolute atomic E-state index is 0.0642. The lowest BCUT2D eigenvalue weighted by Gasteiger charge is -2.29. The van der Waals surface area contributed by atoms with Crippen molar-refractivity contribution >= 4 is 33.6 Å². The molecule has 3 heterocycles. The van der Waals surface area contributed by atoms with E-state index in [0.717, 1.165) is 24.2 Å². The standard InChI is InChI=1S/C21H27F2N5O4S2/c1-13(16-11-31-21(2,3)32-16)24-17-10-18(27-34(29,30)28-8-5-9-28)26-20(25-17)33-12-14-6-4-7-15(22)19(14)23/h4,6-7,10,13,16H,5,8-9,11-12H2,1-3H3,(H2,24,25,26,27)/t13-,16-/m1/s1. The Bertz CT molecular complexity index is 1150. The number of rotatable bonds is 9. The molecule has 9 nitrogen and oxygen atoms in total. The van der Waals surface area contributed by atoms with Crippen molar-refractivity contribution in [1.82, 2.24) is 14.3 Å². The summed E-state index contributed by atoms with van der Waals surface area (Å²) in [5.41, 5.74) is 0.154. The second-order valence-electron chi connectivity index (χ2n) is 8.58. The zero-order chi connectivity index (χ0) is 24.5. The van der Waals surface area contributed by atoms with Crippen molar-refractivity contribution in [3.8, 4) is 0 Å². The van der Waals surface area contributed by atoms with E-state index in [4.69, 9.17) is 9.47 Å². The predicted octanol–water partition coefficient (Wildman–Crippen LogP) is 3.36. The van der Waals surface area contributed by atoms with Gasteiger partial charge in [0.1, 0.15) is 17.7 Å². The average Bonchev–Trinajstić information content (AvgIpc) is 3.07. The normalized spacial score (nSPS) is 21.1. The SMILES string of the molecule is C[C@@H](Nc1cc(NS(=O)(=O)N2CCC2)nc(SCc2cccc(F)c2F)n1)[C@H]1COC(C)(C)O1. The first kappa shape index (κ1) is 25.0. The number of aromatic nitrogens is 2. The number of nitrogens with one attached hydrogen (secondary N) is 2. The van der Waals surface area contributed by atoms with Crippen molar-refractivity contribution < 1.29 is 26.7 Å². The summed E-state index contributed by atoms with van der Waals surface area (Å²) in [5, 5.41) is 3.41. The number of anilines is 2. The molecular weight excluding hydrogens is 488 g/mol. The molecule has 0 radical (unpaired) electrons. The Labute approximate surface area is 201 Å². The molecule has 1 aromatic carbocycles. The molecule has 2 N–H and O–H groups in total. The number of halogens is 2. The van der Waals surface area contributed by atoms with Crippen molar-refractivity contribution in [1.29, 1.82) is 0 Å². The number of nitrogens with zero attached hydrogens (tertiary/aromatic N) is 3. The summed E-state index contributed by atoms with van der Waals surface area (Å²) in [5.74, 6) is -2.07. The second kappa shape index (κ2) is 9.90. The molecule has 34 heavy (non-hydrogen) atoms. The van der Waals surface area contributed by atoms with Crippen LogP contribution in [0.25, 0.3) is 0 Å². The van der Waals surface area contributed by atoms with E-state index in [0.29, 0.717) is 25.5 Å². The summed E-state index contributed by atoms with van der Waals surface area (Å²) in [6.07, 6.45) is 0.554. The predicted molar refractivity (Wildman–Crippen MR) is 125 cm³/mol. The van der Waals surface area contributed by atoms with Gasteiger partial charge in [-0.15, -0.1) is 0 Å². The summed E-state index contributed by atoms with van der Waals surface area (Å²) in [7, 11) is -3.75. The van der Waals surface area contributed by atoms with E-state index in [1.807, 2.05) is 20.8 Å². The van der Waals surface area contributed by atoms with E-state index in [-0.39, 0.29) is 34.4 Å². The molecule has 2 aromatic rings. The van der Waals surface area contributed by atoms with Crippen LogP contribution < -0.4 is 10.0 Å². The third kappa shape index (κ3) is 5.95. The molecule has 2 saturated heterocycles. The van der Waals surface area contributed by atoms with Crippen LogP contribution in [0.5, 0.6) is 0 Å². The van der Waals surface area contributed by atoms with Gasteiger partial charge >= 0.3 is 10.2 Å². The van der Waals surface area contributed by atoms with Crippen molar-refractivity contribution in [2.75, 3.05) is 29.7 Å². The fourth-order valence-electron chi connectivity index (χ4n) is 3.43. The van der Waals surface area contributed by atoms with Gasteiger partial charge in [-0.3, -0.25) is 4.72 Å². The quantitative estimate of drug-likeness (QED) is 0.387. The Morgan fingerprint density at radius 2 is 2.00 bits per heavy atom. The molecule has 4 rings (SSSR count). The highest BCUT2D eigenvalue weighted by atomic mass is 32.2. The van der Waals surface area contributed by atoms with Gasteiger partial charge in [-0.25, -0.2) is 18.7 Å². The monoisotopic (exact) mass is 515 g/mol. The molecule has 2 atom stereocenters. The first-order chi connectivity index (χ1) is 16.0. The highest BCUT2D eigenvalue weighted by molar-refractivity contribution is 7.98. The number of ether oxygens (including phenoxy) is 2. The molecular formula is C21H27F2N5O4S2. The van der Waals surface area contributed by atoms with Crippen LogP contribution >= 0.6 is 11.8 Å². The minimum atomic E-state index is -3.75. The summed E-state index contributed by atoms with van der Waals surface area (Å²) in [6.45, 7) is 6.83. The Hall–Kier alpha value is -2.06. The van der Waals surface area contributed by atoms with Crippen molar-refractivity contribution in [3.63, 3.8) is 0 Å². The lowest BCUT2D eigenvalue weighted by molar-refractivity contribution is -0.139. The van der Waals surface area contributed by atoms with Gasteiger partial charge < -0.3 is 14.8 Å². The van der Waals surface area contributed by atoms with Gasteiger partial charge in [0.25, 0.3) is 0 Å². The molecule has 2 aliphatic heterocycles. The number of thioether (sulfide) groups is 1. The van der Waals surface area contributed by atoms with Gasteiger partial charge in [0, 0.05) is 30.5 Å². The van der Waals surface area contributed by atoms with Gasteiger partial charge in [0.15, 0.2) is 22.6 Å². The third-order valence-electron chi connectivity index (χ3n) is 5.45. The minimum Gasteiger partial charge on any atom is -0.365 e. The summed E-state index contributed by atoms with van der Waals surface area (Å²) in [4.78, 5) is 8.71. The molecule has 2 aliphatic rings. The van der Waals surface area contributed by atoms with Gasteiger partial charge in [0.05, 0.1) is 12.6 Å². The molecule has 1 aromatic heterocycles. The molecule has 0 aliphatic carbocycles. The van der Waals surface area contributed by atoms with Gasteiger partial charge in [-0.05, 0) is 33.3 Å². The third-order valence-corrected chi connectivity index (χ3v) is 7.85. The fourth-order valence-corrected chi connectivity index (χ4v) is 5.50. The maximum Gasteiger partial charge on any atom is 0.302 e. The maximum atomic E-state index is 14.1. The fraction of sp³-hybridized carbons (Fsp3) is 0.524. The first-order valence-corrected chi connectivity index (χ1v) is 13.3. The lowest BCUT2D eigenvalue weighted by atomic mass is 10.2. The van der Waals surface area contributed by atoms with Crippen molar-refractivity contribution in [3.05, 3.63) is 41.5 Å². The first-order valence-electron chi connectivity index (χ1n) is 10.8. The Morgan fingerprint density at radius 1 is 1.26 bits per heavy atom. The van der Waals surface area contributed by atoms with Gasteiger partial charge in [-0.2, -0.15) is 12.7 Å². The van der Waals surface area contributed by atoms with Crippen LogP contribution in [-0.2, 0) is 25.4 Å². The van der Waals surface area contributed by atoms with E-state index >= 15 is 0 Å². The summed E-state index contributed by atoms with van der Waals surface area (Å²) < 4.78 is 68.0. The van der Waals surface area contributed by atoms with Crippen LogP contribution in [-0.4, -0.2) is 60.3 Å². The molecule has 2 fully saturated rings. The van der Waals surface area contributed by atoms with Crippen LogP contribution in [0.2, 0.25) is 0 Å². The van der Waals surface area contributed by atoms with Crippen LogP contribution in [0.4, 0.5) is 20.4 Å². The van der Waals surface area contributed by atoms with Gasteiger partial charge in [-0.1, -0.05) is 23.9 Å². The largest absolute Gasteiger partial charge is 0.365 e. The van der Waals surface area contributed by atoms with Crippen molar-refractivity contribution in [2.24, 2.45) is 0 Å². The number of hydrogen-bond acceptors (Lipinski definition) is 8.